The van der Waals surface area contributed by atoms with Crippen LogP contribution in [-0.2, 0) is 13.3 Å². The van der Waals surface area contributed by atoms with Crippen LogP contribution in [0.2, 0.25) is 45.3 Å². The van der Waals surface area contributed by atoms with E-state index in [9.17, 15) is 0 Å². The molecule has 0 heterocycles. The third-order valence-corrected chi connectivity index (χ3v) is 70.8. The van der Waals surface area contributed by atoms with Crippen molar-refractivity contribution in [2.75, 3.05) is 27.9 Å². The average Bonchev–Trinajstić information content (AvgIpc) is 2.38. The third kappa shape index (κ3) is 3.37. The van der Waals surface area contributed by atoms with Gasteiger partial charge in [-0.25, -0.2) is 0 Å². The van der Waals surface area contributed by atoms with E-state index in [1.165, 1.54) is 6.04 Å². The molecule has 0 aliphatic carbocycles. The Morgan fingerprint density at radius 2 is 1.00 bits per heavy atom. The van der Waals surface area contributed by atoms with Gasteiger partial charge in [-0.2, -0.15) is 0 Å². The molecule has 0 fully saturated rings. The molecule has 0 radical (unpaired) electrons. The largest absolute Gasteiger partial charge is 0.423 e. The van der Waals surface area contributed by atoms with Crippen molar-refractivity contribution in [3.05, 3.63) is 0 Å². The fourth-order valence-electron chi connectivity index (χ4n) is 3.97. The first-order chi connectivity index (χ1) is 8.99. The lowest BCUT2D eigenvalue weighted by molar-refractivity contribution is 0.401. The molecular weight excluding hydrogens is 318 g/mol. The van der Waals surface area contributed by atoms with Gasteiger partial charge in [0, 0.05) is 21.3 Å². The Morgan fingerprint density at radius 1 is 0.700 bits per heavy atom. The molecule has 0 bridgehead atoms. The highest BCUT2D eigenvalue weighted by Crippen LogP contribution is 2.41. The standard InChI is InChI=1S/C12H35NO3Si4/c1-14-17(4,5)20(12-10-11-13,18(6,7)15-2)19(8,9)16-3/h10-13H2,1-9H3. The van der Waals surface area contributed by atoms with E-state index in [2.05, 4.69) is 39.3 Å². The van der Waals surface area contributed by atoms with Crippen molar-refractivity contribution >= 4 is 30.1 Å². The van der Waals surface area contributed by atoms with E-state index in [4.69, 9.17) is 19.0 Å². The maximum absolute atomic E-state index is 6.15. The molecule has 0 aromatic heterocycles. The van der Waals surface area contributed by atoms with Crippen LogP contribution in [0.3, 0.4) is 0 Å². The second kappa shape index (κ2) is 7.31. The van der Waals surface area contributed by atoms with Crippen molar-refractivity contribution in [1.82, 2.24) is 0 Å². The first-order valence-electron chi connectivity index (χ1n) is 7.35. The molecule has 0 spiro atoms. The van der Waals surface area contributed by atoms with Crippen LogP contribution >= 0.6 is 0 Å². The molecule has 0 saturated carbocycles. The second-order valence-electron chi connectivity index (χ2n) is 6.94. The minimum Gasteiger partial charge on any atom is -0.423 e. The molecule has 2 N–H and O–H groups in total. The smallest absolute Gasteiger partial charge is 0.174 e. The Labute approximate surface area is 129 Å². The van der Waals surface area contributed by atoms with Crippen molar-refractivity contribution in [3.8, 4) is 0 Å². The monoisotopic (exact) mass is 353 g/mol. The highest BCUT2D eigenvalue weighted by atomic mass is 29.9. The number of rotatable bonds is 9. The first kappa shape index (κ1) is 20.7. The first-order valence-corrected chi connectivity index (χ1v) is 21.3. The summed E-state index contributed by atoms with van der Waals surface area (Å²) in [5.41, 5.74) is 5.84. The molecule has 0 aromatic carbocycles. The van der Waals surface area contributed by atoms with Crippen LogP contribution in [0, 0.1) is 0 Å². The van der Waals surface area contributed by atoms with Crippen LogP contribution in [0.15, 0.2) is 0 Å². The molecule has 0 saturated heterocycles. The van der Waals surface area contributed by atoms with Gasteiger partial charge in [-0.05, 0) is 52.2 Å². The fraction of sp³-hybridized carbons (Fsp3) is 1.00. The molecule has 0 aliphatic heterocycles. The number of hydrogen-bond acceptors (Lipinski definition) is 4. The molecule has 0 aliphatic rings. The van der Waals surface area contributed by atoms with Crippen LogP contribution in [0.4, 0.5) is 0 Å². The van der Waals surface area contributed by atoms with E-state index in [-0.39, 0.29) is 0 Å². The van der Waals surface area contributed by atoms with Crippen molar-refractivity contribution < 1.29 is 13.3 Å². The van der Waals surface area contributed by atoms with Gasteiger partial charge < -0.3 is 19.0 Å². The van der Waals surface area contributed by atoms with Crippen LogP contribution in [0.5, 0.6) is 0 Å². The van der Waals surface area contributed by atoms with Gasteiger partial charge in [0.05, 0.1) is 0 Å². The summed E-state index contributed by atoms with van der Waals surface area (Å²) in [6.45, 7) is 13.1. The molecule has 122 valence electrons. The minimum atomic E-state index is -1.85. The Bertz CT molecular complexity index is 270. The Balaban J connectivity index is 6.20. The Hall–Kier alpha value is 0.708. The normalized spacial score (nSPS) is 14.7. The molecule has 0 rings (SSSR count). The fourth-order valence-corrected chi connectivity index (χ4v) is 79.8. The zero-order valence-corrected chi connectivity index (χ0v) is 18.9. The summed E-state index contributed by atoms with van der Waals surface area (Å²) < 4.78 is 18.4. The summed E-state index contributed by atoms with van der Waals surface area (Å²) in [4.78, 5) is 0. The zero-order valence-electron chi connectivity index (χ0n) is 14.9. The molecular formula is C12H35NO3Si4. The predicted molar refractivity (Wildman–Crippen MR) is 97.7 cm³/mol. The maximum atomic E-state index is 6.15. The average molecular weight is 354 g/mol. The van der Waals surface area contributed by atoms with E-state index >= 15 is 0 Å². The topological polar surface area (TPSA) is 53.7 Å². The van der Waals surface area contributed by atoms with Crippen LogP contribution in [-0.4, -0.2) is 58.0 Å². The van der Waals surface area contributed by atoms with Gasteiger partial charge in [-0.3, -0.25) is 0 Å². The lowest BCUT2D eigenvalue weighted by atomic mass is 10.5. The highest BCUT2D eigenvalue weighted by Gasteiger charge is 2.69. The van der Waals surface area contributed by atoms with E-state index in [0.717, 1.165) is 13.0 Å². The molecule has 20 heavy (non-hydrogen) atoms. The molecule has 0 atom stereocenters. The van der Waals surface area contributed by atoms with E-state index in [1.807, 2.05) is 21.3 Å². The van der Waals surface area contributed by atoms with Gasteiger partial charge in [0.15, 0.2) is 23.5 Å². The lowest BCUT2D eigenvalue weighted by Crippen LogP contribution is -2.86. The van der Waals surface area contributed by atoms with Gasteiger partial charge in [0.1, 0.15) is 6.63 Å². The molecule has 0 aromatic rings. The van der Waals surface area contributed by atoms with Gasteiger partial charge in [-0.15, -0.1) is 0 Å². The second-order valence-corrected chi connectivity index (χ2v) is 42.6. The van der Waals surface area contributed by atoms with Crippen molar-refractivity contribution in [2.45, 2.75) is 51.7 Å². The summed E-state index contributed by atoms with van der Waals surface area (Å²) in [6, 6.07) is 1.19. The summed E-state index contributed by atoms with van der Waals surface area (Å²) in [5.74, 6) is 0. The van der Waals surface area contributed by atoms with Crippen LogP contribution in [0.25, 0.3) is 0 Å². The quantitative estimate of drug-likeness (QED) is 0.647. The summed E-state index contributed by atoms with van der Waals surface area (Å²) in [6.07, 6.45) is 1.06. The highest BCUT2D eigenvalue weighted by molar-refractivity contribution is 7.87. The summed E-state index contributed by atoms with van der Waals surface area (Å²) >= 11 is 0. The summed E-state index contributed by atoms with van der Waals surface area (Å²) in [5, 5.41) is 0. The van der Waals surface area contributed by atoms with Gasteiger partial charge in [0.25, 0.3) is 0 Å². The SMILES string of the molecule is CO[Si](C)(C)[Si](CCCN)([Si](C)(C)OC)[Si](C)(C)OC. The van der Waals surface area contributed by atoms with E-state index in [0.29, 0.717) is 0 Å². The number of nitrogens with two attached hydrogens (primary N) is 1. The zero-order chi connectivity index (χ0) is 16.2. The van der Waals surface area contributed by atoms with Crippen molar-refractivity contribution in [1.29, 1.82) is 0 Å². The van der Waals surface area contributed by atoms with Gasteiger partial charge in [0.2, 0.25) is 0 Å². The molecule has 8 heteroatoms. The summed E-state index contributed by atoms with van der Waals surface area (Å²) in [7, 11) is 0.106. The van der Waals surface area contributed by atoms with Gasteiger partial charge >= 0.3 is 0 Å². The van der Waals surface area contributed by atoms with E-state index in [1.54, 1.807) is 0 Å². The Morgan fingerprint density at radius 3 is 1.20 bits per heavy atom. The van der Waals surface area contributed by atoms with Crippen molar-refractivity contribution in [3.63, 3.8) is 0 Å². The van der Waals surface area contributed by atoms with Crippen molar-refractivity contribution in [2.24, 2.45) is 5.73 Å². The lowest BCUT2D eigenvalue weighted by Gasteiger charge is -2.56. The minimum absolute atomic E-state index is 0.741. The predicted octanol–water partition coefficient (Wildman–Crippen LogP) is 2.57. The van der Waals surface area contributed by atoms with Gasteiger partial charge in [-0.1, -0.05) is 6.04 Å². The van der Waals surface area contributed by atoms with E-state index < -0.39 is 30.1 Å². The maximum Gasteiger partial charge on any atom is 0.174 e. The molecule has 0 unspecified atom stereocenters. The molecule has 0 amide bonds. The Kier molecular flexibility index (Phi) is 7.57. The third-order valence-electron chi connectivity index (χ3n) is 5.37. The van der Waals surface area contributed by atoms with Crippen LogP contribution < -0.4 is 5.73 Å². The number of hydrogen-bond donors (Lipinski definition) is 1. The van der Waals surface area contributed by atoms with Crippen LogP contribution in [0.1, 0.15) is 6.42 Å². The molecule has 4 nitrogen and oxygen atoms in total.